The normalized spacial score (nSPS) is 15.1. The van der Waals surface area contributed by atoms with Gasteiger partial charge >= 0.3 is 0 Å². The number of aliphatic hydroxyl groups excluding tert-OH is 1. The molecule has 1 rings (SSSR count). The van der Waals surface area contributed by atoms with Gasteiger partial charge in [-0.25, -0.2) is 0 Å². The Bertz CT molecular complexity index is 286. The minimum absolute atomic E-state index is 0.0470. The summed E-state index contributed by atoms with van der Waals surface area (Å²) >= 11 is 0. The molecule has 0 aromatic heterocycles. The molecule has 3 nitrogen and oxygen atoms in total. The fraction of sp³-hybridized carbons (Fsp3) is 0.455. The van der Waals surface area contributed by atoms with Gasteiger partial charge in [-0.3, -0.25) is 0 Å². The Hall–Kier alpha value is -1.06. The highest BCUT2D eigenvalue weighted by atomic mass is 16.3. The number of hydrogen-bond donors (Lipinski definition) is 3. The van der Waals surface area contributed by atoms with E-state index in [0.29, 0.717) is 6.54 Å². The van der Waals surface area contributed by atoms with Crippen LogP contribution in [0, 0.1) is 0 Å². The molecular weight excluding hydrogens is 178 g/mol. The fourth-order valence-corrected chi connectivity index (χ4v) is 1.31. The Morgan fingerprint density at radius 1 is 1.29 bits per heavy atom. The molecule has 3 heteroatoms. The Morgan fingerprint density at radius 3 is 2.50 bits per heavy atom. The van der Waals surface area contributed by atoms with Gasteiger partial charge in [-0.15, -0.1) is 0 Å². The van der Waals surface area contributed by atoms with E-state index in [4.69, 9.17) is 5.11 Å². The average molecular weight is 195 g/mol. The Labute approximate surface area is 84.4 Å². The van der Waals surface area contributed by atoms with Crippen molar-refractivity contribution in [3.05, 3.63) is 29.8 Å². The number of nitrogens with one attached hydrogen (secondary N) is 1. The van der Waals surface area contributed by atoms with Crippen LogP contribution in [0.15, 0.2) is 24.3 Å². The summed E-state index contributed by atoms with van der Waals surface area (Å²) in [6, 6.07) is 7.26. The molecule has 0 heterocycles. The summed E-state index contributed by atoms with van der Waals surface area (Å²) in [5, 5.41) is 21.8. The summed E-state index contributed by atoms with van der Waals surface area (Å²) in [6.07, 6.45) is -0.372. The maximum absolute atomic E-state index is 9.54. The first-order valence-corrected chi connectivity index (χ1v) is 4.80. The molecule has 0 aliphatic carbocycles. The first kappa shape index (κ1) is 11.0. The first-order valence-electron chi connectivity index (χ1n) is 4.80. The van der Waals surface area contributed by atoms with Crippen molar-refractivity contribution in [1.82, 2.24) is 5.32 Å². The van der Waals surface area contributed by atoms with Crippen molar-refractivity contribution < 1.29 is 10.2 Å². The number of para-hydroxylation sites is 1. The van der Waals surface area contributed by atoms with E-state index in [9.17, 15) is 5.11 Å². The SMILES string of the molecule is C[C@H](O)CN[C@H](C)c1ccccc1O. The molecule has 0 spiro atoms. The van der Waals surface area contributed by atoms with Crippen molar-refractivity contribution >= 4 is 0 Å². The number of hydrogen-bond acceptors (Lipinski definition) is 3. The van der Waals surface area contributed by atoms with Gasteiger partial charge in [0.25, 0.3) is 0 Å². The molecular formula is C11H17NO2. The van der Waals surface area contributed by atoms with Crippen molar-refractivity contribution in [2.75, 3.05) is 6.54 Å². The van der Waals surface area contributed by atoms with Crippen LogP contribution < -0.4 is 5.32 Å². The van der Waals surface area contributed by atoms with Crippen molar-refractivity contribution in [3.8, 4) is 5.75 Å². The Balaban J connectivity index is 2.60. The molecule has 0 fully saturated rings. The van der Waals surface area contributed by atoms with Gasteiger partial charge in [-0.05, 0) is 19.9 Å². The first-order chi connectivity index (χ1) is 6.61. The van der Waals surface area contributed by atoms with Gasteiger partial charge in [0.1, 0.15) is 5.75 Å². The summed E-state index contributed by atoms with van der Waals surface area (Å²) in [7, 11) is 0. The second-order valence-corrected chi connectivity index (χ2v) is 3.54. The summed E-state index contributed by atoms with van der Waals surface area (Å²) in [6.45, 7) is 4.21. The van der Waals surface area contributed by atoms with Gasteiger partial charge < -0.3 is 15.5 Å². The van der Waals surface area contributed by atoms with Gasteiger partial charge in [0.05, 0.1) is 6.10 Å². The molecule has 0 aliphatic rings. The van der Waals surface area contributed by atoms with E-state index in [2.05, 4.69) is 5.32 Å². The zero-order valence-corrected chi connectivity index (χ0v) is 8.57. The summed E-state index contributed by atoms with van der Waals surface area (Å²) in [5.41, 5.74) is 0.855. The summed E-state index contributed by atoms with van der Waals surface area (Å²) in [4.78, 5) is 0. The van der Waals surface area contributed by atoms with E-state index in [0.717, 1.165) is 5.56 Å². The minimum atomic E-state index is -0.372. The lowest BCUT2D eigenvalue weighted by Gasteiger charge is -2.16. The molecule has 1 aromatic carbocycles. The van der Waals surface area contributed by atoms with Crippen molar-refractivity contribution in [1.29, 1.82) is 0 Å². The standard InChI is InChI=1S/C11H17NO2/c1-8(13)7-12-9(2)10-5-3-4-6-11(10)14/h3-6,8-9,12-14H,7H2,1-2H3/t8-,9+/m0/s1. The van der Waals surface area contributed by atoms with Gasteiger partial charge in [-0.1, -0.05) is 18.2 Å². The third-order valence-electron chi connectivity index (χ3n) is 2.12. The molecule has 14 heavy (non-hydrogen) atoms. The third kappa shape index (κ3) is 3.01. The average Bonchev–Trinajstić information content (AvgIpc) is 2.15. The predicted octanol–water partition coefficient (Wildman–Crippen LogP) is 1.42. The molecule has 0 aliphatic heterocycles. The molecule has 0 saturated heterocycles. The summed E-state index contributed by atoms with van der Waals surface area (Å²) in [5.74, 6) is 0.290. The number of aromatic hydroxyl groups is 1. The second kappa shape index (κ2) is 4.98. The van der Waals surface area contributed by atoms with Crippen LogP contribution in [0.3, 0.4) is 0 Å². The number of benzene rings is 1. The Morgan fingerprint density at radius 2 is 1.93 bits per heavy atom. The van der Waals surface area contributed by atoms with Crippen LogP contribution in [0.25, 0.3) is 0 Å². The van der Waals surface area contributed by atoms with Crippen LogP contribution >= 0.6 is 0 Å². The van der Waals surface area contributed by atoms with Crippen LogP contribution in [0.5, 0.6) is 5.75 Å². The number of phenols is 1. The Kier molecular flexibility index (Phi) is 3.92. The van der Waals surface area contributed by atoms with Crippen LogP contribution in [-0.2, 0) is 0 Å². The predicted molar refractivity (Wildman–Crippen MR) is 56.2 cm³/mol. The van der Waals surface area contributed by atoms with Gasteiger partial charge in [0.2, 0.25) is 0 Å². The largest absolute Gasteiger partial charge is 0.508 e. The maximum atomic E-state index is 9.54. The molecule has 1 aromatic rings. The summed E-state index contributed by atoms with van der Waals surface area (Å²) < 4.78 is 0. The molecule has 0 amide bonds. The lowest BCUT2D eigenvalue weighted by molar-refractivity contribution is 0.187. The fourth-order valence-electron chi connectivity index (χ4n) is 1.31. The van der Waals surface area contributed by atoms with E-state index in [-0.39, 0.29) is 17.9 Å². The highest BCUT2D eigenvalue weighted by Crippen LogP contribution is 2.22. The number of rotatable bonds is 4. The lowest BCUT2D eigenvalue weighted by Crippen LogP contribution is -2.27. The lowest BCUT2D eigenvalue weighted by atomic mass is 10.1. The van der Waals surface area contributed by atoms with Crippen molar-refractivity contribution in [3.63, 3.8) is 0 Å². The minimum Gasteiger partial charge on any atom is -0.508 e. The van der Waals surface area contributed by atoms with Crippen molar-refractivity contribution in [2.45, 2.75) is 26.0 Å². The van der Waals surface area contributed by atoms with Gasteiger partial charge in [0, 0.05) is 18.2 Å². The number of aliphatic hydroxyl groups is 1. The van der Waals surface area contributed by atoms with E-state index < -0.39 is 0 Å². The molecule has 78 valence electrons. The van der Waals surface area contributed by atoms with Crippen LogP contribution in [0.2, 0.25) is 0 Å². The molecule has 3 N–H and O–H groups in total. The molecule has 0 saturated carbocycles. The maximum Gasteiger partial charge on any atom is 0.120 e. The van der Waals surface area contributed by atoms with E-state index in [1.807, 2.05) is 19.1 Å². The van der Waals surface area contributed by atoms with E-state index in [1.54, 1.807) is 19.1 Å². The van der Waals surface area contributed by atoms with Crippen LogP contribution in [0.4, 0.5) is 0 Å². The third-order valence-corrected chi connectivity index (χ3v) is 2.12. The van der Waals surface area contributed by atoms with Gasteiger partial charge in [0.15, 0.2) is 0 Å². The zero-order chi connectivity index (χ0) is 10.6. The monoisotopic (exact) mass is 195 g/mol. The van der Waals surface area contributed by atoms with E-state index in [1.165, 1.54) is 0 Å². The highest BCUT2D eigenvalue weighted by Gasteiger charge is 2.09. The van der Waals surface area contributed by atoms with Gasteiger partial charge in [-0.2, -0.15) is 0 Å². The number of phenolic OH excluding ortho intramolecular Hbond substituents is 1. The van der Waals surface area contributed by atoms with Crippen LogP contribution in [0.1, 0.15) is 25.5 Å². The quantitative estimate of drug-likeness (QED) is 0.681. The van der Waals surface area contributed by atoms with E-state index >= 15 is 0 Å². The highest BCUT2D eigenvalue weighted by molar-refractivity contribution is 5.34. The molecule has 0 unspecified atom stereocenters. The smallest absolute Gasteiger partial charge is 0.120 e. The topological polar surface area (TPSA) is 52.5 Å². The van der Waals surface area contributed by atoms with Crippen LogP contribution in [-0.4, -0.2) is 22.9 Å². The second-order valence-electron chi connectivity index (χ2n) is 3.54. The molecule has 0 radical (unpaired) electrons. The van der Waals surface area contributed by atoms with Crippen molar-refractivity contribution in [2.24, 2.45) is 0 Å². The molecule has 2 atom stereocenters. The zero-order valence-electron chi connectivity index (χ0n) is 8.57. The molecule has 0 bridgehead atoms.